The smallest absolute Gasteiger partial charge is 0.225 e. The number of carbonyl (C=O) groups is 1. The summed E-state index contributed by atoms with van der Waals surface area (Å²) in [7, 11) is 0. The fraction of sp³-hybridized carbons (Fsp3) is 0.500. The Morgan fingerprint density at radius 2 is 2.25 bits per heavy atom. The van der Waals surface area contributed by atoms with Gasteiger partial charge in [-0.3, -0.25) is 4.79 Å². The molecule has 0 bridgehead atoms. The first kappa shape index (κ1) is 13.2. The van der Waals surface area contributed by atoms with Crippen molar-refractivity contribution in [3.8, 4) is 0 Å². The number of anilines is 1. The highest BCUT2D eigenvalue weighted by Gasteiger charge is 2.05. The van der Waals surface area contributed by atoms with Gasteiger partial charge in [-0.15, -0.1) is 0 Å². The van der Waals surface area contributed by atoms with E-state index in [1.807, 2.05) is 12.1 Å². The van der Waals surface area contributed by atoms with E-state index in [9.17, 15) is 4.79 Å². The summed E-state index contributed by atoms with van der Waals surface area (Å²) in [6.07, 6.45) is 6.69. The van der Waals surface area contributed by atoms with Crippen LogP contribution in [-0.4, -0.2) is 10.9 Å². The molecule has 0 aromatic carbocycles. The van der Waals surface area contributed by atoms with Crippen molar-refractivity contribution in [2.45, 2.75) is 39.0 Å². The Hall–Kier alpha value is -0.900. The second kappa shape index (κ2) is 7.39. The molecule has 1 N–H and O–H groups in total. The van der Waals surface area contributed by atoms with E-state index in [0.717, 1.165) is 17.3 Å². The summed E-state index contributed by atoms with van der Waals surface area (Å²) in [5.74, 6) is 0.637. The van der Waals surface area contributed by atoms with Crippen molar-refractivity contribution in [2.75, 3.05) is 5.32 Å². The number of unbranched alkanes of at least 4 members (excludes halogenated alkanes) is 3. The van der Waals surface area contributed by atoms with Gasteiger partial charge in [0.2, 0.25) is 5.91 Å². The highest BCUT2D eigenvalue weighted by molar-refractivity contribution is 9.10. The summed E-state index contributed by atoms with van der Waals surface area (Å²) in [4.78, 5) is 15.6. The molecular formula is C12H17BrN2O. The van der Waals surface area contributed by atoms with E-state index >= 15 is 0 Å². The van der Waals surface area contributed by atoms with Crippen LogP contribution in [0.3, 0.4) is 0 Å². The maximum atomic E-state index is 11.6. The lowest BCUT2D eigenvalue weighted by atomic mass is 10.1. The normalized spacial score (nSPS) is 10.1. The molecule has 16 heavy (non-hydrogen) atoms. The Morgan fingerprint density at radius 3 is 2.94 bits per heavy atom. The topological polar surface area (TPSA) is 42.0 Å². The molecular weight excluding hydrogens is 268 g/mol. The summed E-state index contributed by atoms with van der Waals surface area (Å²) in [5.41, 5.74) is 0. The molecule has 0 saturated carbocycles. The van der Waals surface area contributed by atoms with Gasteiger partial charge in [0, 0.05) is 12.6 Å². The van der Waals surface area contributed by atoms with Gasteiger partial charge in [-0.1, -0.05) is 26.2 Å². The predicted octanol–water partition coefficient (Wildman–Crippen LogP) is 3.75. The van der Waals surface area contributed by atoms with Crippen LogP contribution in [0.2, 0.25) is 0 Å². The van der Waals surface area contributed by atoms with Crippen LogP contribution in [0.5, 0.6) is 0 Å². The second-order valence-corrected chi connectivity index (χ2v) is 4.55. The van der Waals surface area contributed by atoms with Gasteiger partial charge in [0.15, 0.2) is 0 Å². The van der Waals surface area contributed by atoms with Crippen molar-refractivity contribution in [3.05, 3.63) is 22.8 Å². The quantitative estimate of drug-likeness (QED) is 0.809. The van der Waals surface area contributed by atoms with E-state index in [1.165, 1.54) is 12.8 Å². The van der Waals surface area contributed by atoms with E-state index in [1.54, 1.807) is 6.20 Å². The zero-order valence-corrected chi connectivity index (χ0v) is 11.1. The number of hydrogen-bond acceptors (Lipinski definition) is 2. The predicted molar refractivity (Wildman–Crippen MR) is 69.3 cm³/mol. The molecule has 3 nitrogen and oxygen atoms in total. The van der Waals surface area contributed by atoms with Crippen LogP contribution < -0.4 is 5.32 Å². The molecule has 0 fully saturated rings. The van der Waals surface area contributed by atoms with Crippen molar-refractivity contribution >= 4 is 27.7 Å². The van der Waals surface area contributed by atoms with Gasteiger partial charge in [0.05, 0.1) is 4.47 Å². The minimum Gasteiger partial charge on any atom is -0.310 e. The van der Waals surface area contributed by atoms with Crippen molar-refractivity contribution in [3.63, 3.8) is 0 Å². The molecule has 0 atom stereocenters. The van der Waals surface area contributed by atoms with Crippen LogP contribution in [0.15, 0.2) is 22.8 Å². The molecule has 4 heteroatoms. The van der Waals surface area contributed by atoms with Crippen molar-refractivity contribution in [1.29, 1.82) is 0 Å². The second-order valence-electron chi connectivity index (χ2n) is 3.69. The Bertz CT molecular complexity index is 342. The minimum atomic E-state index is 0.0375. The maximum Gasteiger partial charge on any atom is 0.225 e. The molecule has 0 saturated heterocycles. The number of pyridine rings is 1. The number of nitrogens with one attached hydrogen (secondary N) is 1. The van der Waals surface area contributed by atoms with Gasteiger partial charge < -0.3 is 5.32 Å². The highest BCUT2D eigenvalue weighted by atomic mass is 79.9. The molecule has 88 valence electrons. The summed E-state index contributed by atoms with van der Waals surface area (Å²) < 4.78 is 0.817. The molecule has 0 spiro atoms. The molecule has 0 aliphatic carbocycles. The Morgan fingerprint density at radius 1 is 1.44 bits per heavy atom. The number of nitrogens with zero attached hydrogens (tertiary/aromatic N) is 1. The van der Waals surface area contributed by atoms with Crippen molar-refractivity contribution in [2.24, 2.45) is 0 Å². The van der Waals surface area contributed by atoms with E-state index in [4.69, 9.17) is 0 Å². The van der Waals surface area contributed by atoms with Crippen LogP contribution in [0.4, 0.5) is 5.82 Å². The number of halogens is 1. The third-order valence-electron chi connectivity index (χ3n) is 2.27. The third-order valence-corrected chi connectivity index (χ3v) is 2.91. The van der Waals surface area contributed by atoms with Gasteiger partial charge in [-0.2, -0.15) is 0 Å². The number of hydrogen-bond donors (Lipinski definition) is 1. The van der Waals surface area contributed by atoms with Gasteiger partial charge in [-0.05, 0) is 34.5 Å². The Balaban J connectivity index is 2.32. The Labute approximate surface area is 105 Å². The highest BCUT2D eigenvalue weighted by Crippen LogP contribution is 2.18. The zero-order chi connectivity index (χ0) is 11.8. The van der Waals surface area contributed by atoms with Crippen molar-refractivity contribution < 1.29 is 4.79 Å². The third kappa shape index (κ3) is 4.75. The molecule has 1 heterocycles. The SMILES string of the molecule is CCCCCCC(=O)Nc1ncccc1Br. The summed E-state index contributed by atoms with van der Waals surface area (Å²) in [6.45, 7) is 2.16. The van der Waals surface area contributed by atoms with E-state index < -0.39 is 0 Å². The fourth-order valence-electron chi connectivity index (χ4n) is 1.38. The standard InChI is InChI=1S/C12H17BrN2O/c1-2-3-4-5-8-11(16)15-12-10(13)7-6-9-14-12/h6-7,9H,2-5,8H2,1H3,(H,14,15,16). The number of aromatic nitrogens is 1. The first-order chi connectivity index (χ1) is 7.74. The Kier molecular flexibility index (Phi) is 6.08. The lowest BCUT2D eigenvalue weighted by molar-refractivity contribution is -0.116. The van der Waals surface area contributed by atoms with Crippen LogP contribution >= 0.6 is 15.9 Å². The fourth-order valence-corrected chi connectivity index (χ4v) is 1.74. The molecule has 0 aliphatic heterocycles. The lowest BCUT2D eigenvalue weighted by Crippen LogP contribution is -2.12. The van der Waals surface area contributed by atoms with E-state index in [-0.39, 0.29) is 5.91 Å². The van der Waals surface area contributed by atoms with Gasteiger partial charge >= 0.3 is 0 Å². The summed E-state index contributed by atoms with van der Waals surface area (Å²) in [6, 6.07) is 3.68. The van der Waals surface area contributed by atoms with E-state index in [0.29, 0.717) is 12.2 Å². The average molecular weight is 285 g/mol. The maximum absolute atomic E-state index is 11.6. The molecule has 1 aromatic rings. The van der Waals surface area contributed by atoms with Crippen LogP contribution in [-0.2, 0) is 4.79 Å². The molecule has 1 rings (SSSR count). The molecule has 0 unspecified atom stereocenters. The van der Waals surface area contributed by atoms with E-state index in [2.05, 4.69) is 33.2 Å². The van der Waals surface area contributed by atoms with Gasteiger partial charge in [0.25, 0.3) is 0 Å². The average Bonchev–Trinajstić information content (AvgIpc) is 2.28. The van der Waals surface area contributed by atoms with Crippen LogP contribution in [0, 0.1) is 0 Å². The van der Waals surface area contributed by atoms with Crippen LogP contribution in [0.1, 0.15) is 39.0 Å². The number of amides is 1. The van der Waals surface area contributed by atoms with Gasteiger partial charge in [-0.25, -0.2) is 4.98 Å². The zero-order valence-electron chi connectivity index (χ0n) is 9.50. The first-order valence-electron chi connectivity index (χ1n) is 5.64. The molecule has 1 amide bonds. The monoisotopic (exact) mass is 284 g/mol. The largest absolute Gasteiger partial charge is 0.310 e. The summed E-state index contributed by atoms with van der Waals surface area (Å²) >= 11 is 3.34. The van der Waals surface area contributed by atoms with Crippen molar-refractivity contribution in [1.82, 2.24) is 4.98 Å². The number of carbonyl (C=O) groups excluding carboxylic acids is 1. The summed E-state index contributed by atoms with van der Waals surface area (Å²) in [5, 5.41) is 2.79. The number of rotatable bonds is 6. The first-order valence-corrected chi connectivity index (χ1v) is 6.43. The van der Waals surface area contributed by atoms with Gasteiger partial charge in [0.1, 0.15) is 5.82 Å². The molecule has 1 aromatic heterocycles. The van der Waals surface area contributed by atoms with Crippen LogP contribution in [0.25, 0.3) is 0 Å². The molecule has 0 aliphatic rings. The lowest BCUT2D eigenvalue weighted by Gasteiger charge is -2.05. The minimum absolute atomic E-state index is 0.0375. The molecule has 0 radical (unpaired) electrons.